The van der Waals surface area contributed by atoms with E-state index in [9.17, 15) is 4.79 Å². The third-order valence-corrected chi connectivity index (χ3v) is 4.59. The maximum atomic E-state index is 12.3. The van der Waals surface area contributed by atoms with Gasteiger partial charge >= 0.3 is 6.09 Å². The number of alkyl carbamates (subject to hydrolysis) is 1. The second-order valence-corrected chi connectivity index (χ2v) is 8.56. The van der Waals surface area contributed by atoms with Gasteiger partial charge in [-0.15, -0.1) is 0 Å². The fraction of sp³-hybridized carbons (Fsp3) is 0.619. The van der Waals surface area contributed by atoms with Crippen molar-refractivity contribution >= 4 is 12.1 Å². The van der Waals surface area contributed by atoms with Crippen molar-refractivity contribution in [3.05, 3.63) is 35.4 Å². The number of hydrogen-bond acceptors (Lipinski definition) is 3. The molecule has 1 aromatic rings. The summed E-state index contributed by atoms with van der Waals surface area (Å²) in [4.78, 5) is 18.8. The molecule has 1 aliphatic rings. The van der Waals surface area contributed by atoms with Crippen molar-refractivity contribution in [3.8, 4) is 0 Å². The van der Waals surface area contributed by atoms with Gasteiger partial charge in [-0.1, -0.05) is 38.1 Å². The van der Waals surface area contributed by atoms with E-state index in [2.05, 4.69) is 36.3 Å². The van der Waals surface area contributed by atoms with Gasteiger partial charge in [-0.2, -0.15) is 0 Å². The number of guanidine groups is 1. The molecule has 0 bridgehead atoms. The number of hydrogen-bond donors (Lipinski definition) is 2. The molecule has 1 saturated carbocycles. The van der Waals surface area contributed by atoms with E-state index in [1.165, 1.54) is 5.56 Å². The number of aliphatic imine (C=N–C) groups is 1. The highest BCUT2D eigenvalue weighted by Gasteiger charge is 2.27. The lowest BCUT2D eigenvalue weighted by Gasteiger charge is -2.24. The molecule has 150 valence electrons. The average Bonchev–Trinajstić information content (AvgIpc) is 3.41. The summed E-state index contributed by atoms with van der Waals surface area (Å²) in [5.41, 5.74) is 7.80. The fourth-order valence-electron chi connectivity index (χ4n) is 2.74. The van der Waals surface area contributed by atoms with Crippen LogP contribution in [0.1, 0.15) is 70.5 Å². The Morgan fingerprint density at radius 3 is 2.30 bits per heavy atom. The monoisotopic (exact) mass is 374 g/mol. The Labute approximate surface area is 163 Å². The summed E-state index contributed by atoms with van der Waals surface area (Å²) in [6.07, 6.45) is 1.86. The molecule has 1 amide bonds. The summed E-state index contributed by atoms with van der Waals surface area (Å²) in [6.45, 7) is 10.2. The minimum absolute atomic E-state index is 0.299. The molecule has 0 heterocycles. The Morgan fingerprint density at radius 2 is 1.81 bits per heavy atom. The maximum absolute atomic E-state index is 12.3. The van der Waals surface area contributed by atoms with Crippen molar-refractivity contribution in [1.29, 1.82) is 0 Å². The molecule has 2 rings (SSSR count). The van der Waals surface area contributed by atoms with E-state index in [1.807, 2.05) is 44.9 Å². The van der Waals surface area contributed by atoms with E-state index in [1.54, 1.807) is 0 Å². The smallest absolute Gasteiger partial charge is 0.408 e. The third kappa shape index (κ3) is 6.77. The van der Waals surface area contributed by atoms with Crippen LogP contribution in [0.2, 0.25) is 0 Å². The lowest BCUT2D eigenvalue weighted by molar-refractivity contribution is 0.0505. The van der Waals surface area contributed by atoms with Gasteiger partial charge in [0.25, 0.3) is 0 Å². The van der Waals surface area contributed by atoms with E-state index in [0.717, 1.165) is 18.4 Å². The van der Waals surface area contributed by atoms with Crippen LogP contribution in [-0.4, -0.2) is 42.2 Å². The number of carbonyl (C=O) groups excluding carboxylic acids is 1. The summed E-state index contributed by atoms with van der Waals surface area (Å²) in [5, 5.41) is 2.94. The zero-order valence-corrected chi connectivity index (χ0v) is 17.5. The Hall–Kier alpha value is -2.24. The fourth-order valence-corrected chi connectivity index (χ4v) is 2.74. The van der Waals surface area contributed by atoms with Gasteiger partial charge in [0.2, 0.25) is 0 Å². The minimum Gasteiger partial charge on any atom is -0.444 e. The number of carbonyl (C=O) groups is 1. The van der Waals surface area contributed by atoms with E-state index >= 15 is 0 Å². The zero-order valence-electron chi connectivity index (χ0n) is 17.5. The van der Waals surface area contributed by atoms with E-state index < -0.39 is 11.7 Å². The Bertz CT molecular complexity index is 658. The topological polar surface area (TPSA) is 80.0 Å². The van der Waals surface area contributed by atoms with Crippen LogP contribution in [0.25, 0.3) is 0 Å². The SMILES string of the molecule is CC(C)c1ccc(C(CN=C(N)N(C)C2CC2)NC(=O)OC(C)(C)C)cc1. The van der Waals surface area contributed by atoms with Gasteiger partial charge in [0.1, 0.15) is 5.60 Å². The summed E-state index contributed by atoms with van der Waals surface area (Å²) < 4.78 is 5.41. The average molecular weight is 375 g/mol. The normalized spacial score (nSPS) is 16.2. The predicted molar refractivity (Wildman–Crippen MR) is 110 cm³/mol. The van der Waals surface area contributed by atoms with E-state index in [0.29, 0.717) is 24.5 Å². The molecule has 1 unspecified atom stereocenters. The molecule has 1 aromatic carbocycles. The molecular formula is C21H34N4O2. The summed E-state index contributed by atoms with van der Waals surface area (Å²) >= 11 is 0. The molecule has 27 heavy (non-hydrogen) atoms. The number of nitrogens with zero attached hydrogens (tertiary/aromatic N) is 2. The summed E-state index contributed by atoms with van der Waals surface area (Å²) in [5.74, 6) is 0.962. The molecule has 0 aliphatic heterocycles. The molecule has 0 spiro atoms. The summed E-state index contributed by atoms with van der Waals surface area (Å²) in [7, 11) is 1.96. The van der Waals surface area contributed by atoms with Crippen LogP contribution in [0.4, 0.5) is 4.79 Å². The molecule has 3 N–H and O–H groups in total. The predicted octanol–water partition coefficient (Wildman–Crippen LogP) is 3.78. The molecule has 1 atom stereocenters. The van der Waals surface area contributed by atoms with Gasteiger partial charge in [0.15, 0.2) is 5.96 Å². The van der Waals surface area contributed by atoms with Gasteiger partial charge in [-0.3, -0.25) is 4.99 Å². The number of nitrogens with two attached hydrogens (primary N) is 1. The number of rotatable bonds is 6. The lowest BCUT2D eigenvalue weighted by atomic mass is 9.99. The first kappa shape index (κ1) is 21.1. The van der Waals surface area contributed by atoms with Gasteiger partial charge in [0.05, 0.1) is 12.6 Å². The van der Waals surface area contributed by atoms with Crippen LogP contribution in [0.15, 0.2) is 29.3 Å². The van der Waals surface area contributed by atoms with Crippen LogP contribution in [0.3, 0.4) is 0 Å². The van der Waals surface area contributed by atoms with Crippen LogP contribution in [0, 0.1) is 0 Å². The third-order valence-electron chi connectivity index (χ3n) is 4.59. The highest BCUT2D eigenvalue weighted by atomic mass is 16.6. The second-order valence-electron chi connectivity index (χ2n) is 8.56. The van der Waals surface area contributed by atoms with Crippen molar-refractivity contribution in [2.45, 2.75) is 71.1 Å². The van der Waals surface area contributed by atoms with E-state index in [-0.39, 0.29) is 6.04 Å². The van der Waals surface area contributed by atoms with Crippen molar-refractivity contribution in [3.63, 3.8) is 0 Å². The Morgan fingerprint density at radius 1 is 1.26 bits per heavy atom. The largest absolute Gasteiger partial charge is 0.444 e. The zero-order chi connectivity index (χ0) is 20.2. The molecule has 1 fully saturated rings. The second kappa shape index (κ2) is 8.63. The van der Waals surface area contributed by atoms with Gasteiger partial charge < -0.3 is 20.7 Å². The van der Waals surface area contributed by atoms with Gasteiger partial charge in [-0.05, 0) is 50.7 Å². The maximum Gasteiger partial charge on any atom is 0.408 e. The van der Waals surface area contributed by atoms with Crippen molar-refractivity contribution in [1.82, 2.24) is 10.2 Å². The number of benzene rings is 1. The van der Waals surface area contributed by atoms with E-state index in [4.69, 9.17) is 10.5 Å². The number of nitrogens with one attached hydrogen (secondary N) is 1. The standard InChI is InChI=1S/C21H34N4O2/c1-14(2)15-7-9-16(10-8-15)18(24-20(26)27-21(3,4)5)13-23-19(22)25(6)17-11-12-17/h7-10,14,17-18H,11-13H2,1-6H3,(H2,22,23)(H,24,26). The molecule has 6 heteroatoms. The first-order valence-corrected chi connectivity index (χ1v) is 9.69. The van der Waals surface area contributed by atoms with Crippen molar-refractivity contribution in [2.75, 3.05) is 13.6 Å². The van der Waals surface area contributed by atoms with Crippen LogP contribution in [0.5, 0.6) is 0 Å². The first-order chi connectivity index (χ1) is 12.6. The number of ether oxygens (including phenoxy) is 1. The minimum atomic E-state index is -0.551. The van der Waals surface area contributed by atoms with Crippen LogP contribution >= 0.6 is 0 Å². The first-order valence-electron chi connectivity index (χ1n) is 9.69. The Kier molecular flexibility index (Phi) is 6.73. The quantitative estimate of drug-likeness (QED) is 0.586. The molecule has 6 nitrogen and oxygen atoms in total. The molecule has 0 aromatic heterocycles. The van der Waals surface area contributed by atoms with Crippen molar-refractivity contribution < 1.29 is 9.53 Å². The highest BCUT2D eigenvalue weighted by Crippen LogP contribution is 2.25. The Balaban J connectivity index is 2.14. The van der Waals surface area contributed by atoms with Crippen LogP contribution < -0.4 is 11.1 Å². The lowest BCUT2D eigenvalue weighted by Crippen LogP contribution is -2.38. The molecule has 1 aliphatic carbocycles. The van der Waals surface area contributed by atoms with Gasteiger partial charge in [-0.25, -0.2) is 4.79 Å². The molecular weight excluding hydrogens is 340 g/mol. The summed E-state index contributed by atoms with van der Waals surface area (Å²) in [6, 6.07) is 8.45. The highest BCUT2D eigenvalue weighted by molar-refractivity contribution is 5.78. The number of amides is 1. The molecule has 0 saturated heterocycles. The van der Waals surface area contributed by atoms with Crippen molar-refractivity contribution in [2.24, 2.45) is 10.7 Å². The van der Waals surface area contributed by atoms with Gasteiger partial charge in [0, 0.05) is 13.1 Å². The molecule has 0 radical (unpaired) electrons. The van der Waals surface area contributed by atoms with Crippen LogP contribution in [-0.2, 0) is 4.74 Å².